The maximum atomic E-state index is 12.6. The van der Waals surface area contributed by atoms with Crippen molar-refractivity contribution in [3.63, 3.8) is 0 Å². The van der Waals surface area contributed by atoms with Crippen molar-refractivity contribution in [1.29, 1.82) is 0 Å². The molecule has 3 N–H and O–H groups in total. The number of para-hydroxylation sites is 1. The van der Waals surface area contributed by atoms with Crippen LogP contribution in [-0.4, -0.2) is 55.1 Å². The van der Waals surface area contributed by atoms with E-state index in [1.54, 1.807) is 12.1 Å². The van der Waals surface area contributed by atoms with Gasteiger partial charge in [0.15, 0.2) is 12.6 Å². The van der Waals surface area contributed by atoms with Crippen LogP contribution in [0.4, 0.5) is 5.69 Å². The van der Waals surface area contributed by atoms with E-state index >= 15 is 0 Å². The fourth-order valence-corrected chi connectivity index (χ4v) is 3.51. The molecule has 4 unspecified atom stereocenters. The Hall–Kier alpha value is -2.49. The molecular weight excluding hydrogens is 402 g/mol. The third-order valence-electron chi connectivity index (χ3n) is 5.21. The summed E-state index contributed by atoms with van der Waals surface area (Å²) >= 11 is 0. The van der Waals surface area contributed by atoms with Crippen molar-refractivity contribution < 1.29 is 28.6 Å². The molecule has 3 amide bonds. The van der Waals surface area contributed by atoms with Crippen LogP contribution in [0.5, 0.6) is 0 Å². The minimum absolute atomic E-state index is 0.0550. The van der Waals surface area contributed by atoms with Gasteiger partial charge >= 0.3 is 11.8 Å². The summed E-state index contributed by atoms with van der Waals surface area (Å²) in [4.78, 5) is 37.4. The van der Waals surface area contributed by atoms with E-state index in [4.69, 9.17) is 14.2 Å². The molecule has 170 valence electrons. The van der Waals surface area contributed by atoms with Crippen molar-refractivity contribution in [3.05, 3.63) is 29.8 Å². The zero-order valence-electron chi connectivity index (χ0n) is 18.6. The van der Waals surface area contributed by atoms with Gasteiger partial charge in [0.1, 0.15) is 12.1 Å². The third-order valence-corrected chi connectivity index (χ3v) is 5.21. The van der Waals surface area contributed by atoms with Crippen molar-refractivity contribution in [2.45, 2.75) is 77.2 Å². The van der Waals surface area contributed by atoms with Crippen LogP contribution < -0.4 is 16.0 Å². The second-order valence-corrected chi connectivity index (χ2v) is 8.80. The Morgan fingerprint density at radius 1 is 1.16 bits per heavy atom. The summed E-state index contributed by atoms with van der Waals surface area (Å²) in [6, 6.07) is 5.99. The quantitative estimate of drug-likeness (QED) is 0.461. The molecule has 3 rings (SSSR count). The van der Waals surface area contributed by atoms with Crippen LogP contribution in [0.3, 0.4) is 0 Å². The first-order valence-electron chi connectivity index (χ1n) is 10.5. The summed E-state index contributed by atoms with van der Waals surface area (Å²) in [5, 5.41) is 7.90. The number of nitrogens with one attached hydrogen (secondary N) is 3. The molecule has 0 saturated carbocycles. The molecule has 2 aliphatic heterocycles. The Morgan fingerprint density at radius 3 is 2.55 bits per heavy atom. The Kier molecular flexibility index (Phi) is 6.98. The number of benzene rings is 1. The highest BCUT2D eigenvalue weighted by molar-refractivity contribution is 6.40. The van der Waals surface area contributed by atoms with Gasteiger partial charge in [-0.15, -0.1) is 0 Å². The van der Waals surface area contributed by atoms with E-state index in [0.29, 0.717) is 18.7 Å². The number of ether oxygens (including phenoxy) is 3. The Labute approximate surface area is 182 Å². The topological polar surface area (TPSA) is 118 Å². The first kappa shape index (κ1) is 23.2. The van der Waals surface area contributed by atoms with E-state index in [2.05, 4.69) is 16.0 Å². The maximum Gasteiger partial charge on any atom is 0.313 e. The van der Waals surface area contributed by atoms with E-state index in [0.717, 1.165) is 5.56 Å². The molecule has 0 aromatic heterocycles. The standard InChI is InChI=1S/C22H31N3O6/c1-6-29-20-15(11-16-21(30-16)31-20)25-17(26)12(2)23-18(27)19(28)24-14-10-8-7-9-13(14)22(3,4)5/h7-10,12,15-16,20-21H,6,11H2,1-5H3,(H,23,27)(H,24,28)(H,25,26)/t12-,15?,16?,20?,21?/m0/s1. The lowest BCUT2D eigenvalue weighted by atomic mass is 9.86. The fraction of sp³-hybridized carbons (Fsp3) is 0.591. The number of carbonyl (C=O) groups excluding carboxylic acids is 3. The van der Waals surface area contributed by atoms with E-state index < -0.39 is 36.1 Å². The highest BCUT2D eigenvalue weighted by Gasteiger charge is 2.50. The minimum Gasteiger partial charge on any atom is -0.351 e. The summed E-state index contributed by atoms with van der Waals surface area (Å²) in [7, 11) is 0. The average Bonchev–Trinajstić information content (AvgIpc) is 3.45. The molecule has 9 nitrogen and oxygen atoms in total. The van der Waals surface area contributed by atoms with Gasteiger partial charge in [0.25, 0.3) is 0 Å². The van der Waals surface area contributed by atoms with Gasteiger partial charge in [-0.05, 0) is 30.9 Å². The lowest BCUT2D eigenvalue weighted by molar-refractivity contribution is -0.189. The smallest absolute Gasteiger partial charge is 0.313 e. The van der Waals surface area contributed by atoms with Crippen LogP contribution in [0.25, 0.3) is 0 Å². The summed E-state index contributed by atoms with van der Waals surface area (Å²) in [5.74, 6) is -2.16. The molecule has 0 radical (unpaired) electrons. The van der Waals surface area contributed by atoms with Crippen LogP contribution in [0.2, 0.25) is 0 Å². The van der Waals surface area contributed by atoms with Crippen LogP contribution >= 0.6 is 0 Å². The zero-order valence-corrected chi connectivity index (χ0v) is 18.6. The molecule has 0 aliphatic carbocycles. The second kappa shape index (κ2) is 9.33. The monoisotopic (exact) mass is 433 g/mol. The van der Waals surface area contributed by atoms with Crippen LogP contribution in [0.15, 0.2) is 24.3 Å². The number of fused-ring (bicyclic) bond motifs is 1. The SMILES string of the molecule is CCOC1OC2OC2CC1NC(=O)[C@H](C)NC(=O)C(=O)Nc1ccccc1C(C)(C)C. The number of amides is 3. The number of anilines is 1. The van der Waals surface area contributed by atoms with Gasteiger partial charge in [-0.25, -0.2) is 0 Å². The van der Waals surface area contributed by atoms with Crippen LogP contribution in [-0.2, 0) is 34.0 Å². The van der Waals surface area contributed by atoms with E-state index in [9.17, 15) is 14.4 Å². The Morgan fingerprint density at radius 2 is 1.87 bits per heavy atom. The summed E-state index contributed by atoms with van der Waals surface area (Å²) < 4.78 is 16.5. The highest BCUT2D eigenvalue weighted by Crippen LogP contribution is 2.35. The molecule has 2 heterocycles. The summed E-state index contributed by atoms with van der Waals surface area (Å²) in [6.45, 7) is 9.83. The normalized spacial score (nSPS) is 25.7. The molecule has 1 aromatic rings. The third kappa shape index (κ3) is 5.81. The van der Waals surface area contributed by atoms with Crippen molar-refractivity contribution in [3.8, 4) is 0 Å². The number of epoxide rings is 1. The van der Waals surface area contributed by atoms with Gasteiger partial charge in [-0.1, -0.05) is 39.0 Å². The molecule has 1 aromatic carbocycles. The second-order valence-electron chi connectivity index (χ2n) is 8.80. The number of hydrogen-bond acceptors (Lipinski definition) is 6. The molecule has 0 spiro atoms. The lowest BCUT2D eigenvalue weighted by Gasteiger charge is -2.30. The van der Waals surface area contributed by atoms with Gasteiger partial charge in [0.05, 0.1) is 6.04 Å². The first-order chi connectivity index (χ1) is 14.6. The summed E-state index contributed by atoms with van der Waals surface area (Å²) in [6.07, 6.45) is -0.383. The maximum absolute atomic E-state index is 12.6. The van der Waals surface area contributed by atoms with E-state index in [1.807, 2.05) is 39.8 Å². The van der Waals surface area contributed by atoms with Crippen molar-refractivity contribution in [2.75, 3.05) is 11.9 Å². The molecular formula is C22H31N3O6. The first-order valence-corrected chi connectivity index (χ1v) is 10.5. The Bertz CT molecular complexity index is 837. The fourth-order valence-electron chi connectivity index (χ4n) is 3.51. The van der Waals surface area contributed by atoms with Crippen molar-refractivity contribution in [2.24, 2.45) is 0 Å². The predicted octanol–water partition coefficient (Wildman–Crippen LogP) is 1.42. The average molecular weight is 434 g/mol. The molecule has 9 heteroatoms. The molecule has 5 atom stereocenters. The molecule has 2 aliphatic rings. The molecule has 2 fully saturated rings. The van der Waals surface area contributed by atoms with Gasteiger partial charge in [-0.2, -0.15) is 0 Å². The van der Waals surface area contributed by atoms with Gasteiger partial charge in [0, 0.05) is 18.7 Å². The largest absolute Gasteiger partial charge is 0.351 e. The number of carbonyl (C=O) groups is 3. The van der Waals surface area contributed by atoms with Crippen molar-refractivity contribution in [1.82, 2.24) is 10.6 Å². The number of rotatable bonds is 6. The van der Waals surface area contributed by atoms with E-state index in [1.165, 1.54) is 6.92 Å². The van der Waals surface area contributed by atoms with Crippen LogP contribution in [0, 0.1) is 0 Å². The van der Waals surface area contributed by atoms with Gasteiger partial charge in [-0.3, -0.25) is 14.4 Å². The Balaban J connectivity index is 1.55. The van der Waals surface area contributed by atoms with Crippen molar-refractivity contribution >= 4 is 23.4 Å². The highest BCUT2D eigenvalue weighted by atomic mass is 16.8. The minimum atomic E-state index is -0.920. The molecule has 2 saturated heterocycles. The van der Waals surface area contributed by atoms with Crippen LogP contribution in [0.1, 0.15) is 46.6 Å². The predicted molar refractivity (Wildman–Crippen MR) is 113 cm³/mol. The van der Waals surface area contributed by atoms with Gasteiger partial charge in [0.2, 0.25) is 5.91 Å². The lowest BCUT2D eigenvalue weighted by Crippen LogP contribution is -2.55. The zero-order chi connectivity index (χ0) is 22.8. The molecule has 31 heavy (non-hydrogen) atoms. The number of hydrogen-bond donors (Lipinski definition) is 3. The molecule has 0 bridgehead atoms. The van der Waals surface area contributed by atoms with Gasteiger partial charge < -0.3 is 30.2 Å². The summed E-state index contributed by atoms with van der Waals surface area (Å²) in [5.41, 5.74) is 1.25. The van der Waals surface area contributed by atoms with E-state index in [-0.39, 0.29) is 17.8 Å².